The van der Waals surface area contributed by atoms with Crippen molar-refractivity contribution in [2.45, 2.75) is 6.42 Å². The molecule has 0 spiro atoms. The van der Waals surface area contributed by atoms with Crippen molar-refractivity contribution in [2.75, 3.05) is 0 Å². The molecule has 0 unspecified atom stereocenters. The zero-order chi connectivity index (χ0) is 7.84. The molecule has 1 aromatic rings. The van der Waals surface area contributed by atoms with E-state index < -0.39 is 5.76 Å². The zero-order valence-electron chi connectivity index (χ0n) is 5.59. The van der Waals surface area contributed by atoms with Crippen LogP contribution in [0.2, 0.25) is 0 Å². The minimum absolute atomic E-state index is 0.150. The Bertz CT molecular complexity index is 383. The number of aromatic nitrogens is 1. The number of Topliss-reactive ketones (excluding diaryl/α,β-unsaturated/α-hetero) is 1. The fraction of sp³-hybridized carbons (Fsp3) is 0.143. The molecular formula is C7H5NO3. The highest BCUT2D eigenvalue weighted by Gasteiger charge is 2.18. The highest BCUT2D eigenvalue weighted by Crippen LogP contribution is 2.14. The Morgan fingerprint density at radius 3 is 3.00 bits per heavy atom. The topological polar surface area (TPSA) is 63.1 Å². The third-order valence-electron chi connectivity index (χ3n) is 1.52. The van der Waals surface area contributed by atoms with E-state index >= 15 is 0 Å². The Morgan fingerprint density at radius 1 is 1.45 bits per heavy atom. The molecule has 0 bridgehead atoms. The fourth-order valence-corrected chi connectivity index (χ4v) is 1.04. The maximum absolute atomic E-state index is 11.0. The lowest BCUT2D eigenvalue weighted by molar-refractivity contribution is 0.0966. The van der Waals surface area contributed by atoms with Crippen LogP contribution in [0.5, 0.6) is 0 Å². The summed E-state index contributed by atoms with van der Waals surface area (Å²) < 4.78 is 4.61. The summed E-state index contributed by atoms with van der Waals surface area (Å²) in [6.07, 6.45) is 3.67. The molecule has 1 aliphatic rings. The highest BCUT2D eigenvalue weighted by molar-refractivity contribution is 5.99. The SMILES string of the molecule is O=C1CC=Cc2[nH]c(=O)oc21. The minimum Gasteiger partial charge on any atom is -0.404 e. The van der Waals surface area contributed by atoms with E-state index in [4.69, 9.17) is 0 Å². The lowest BCUT2D eigenvalue weighted by Gasteiger charge is -1.97. The molecule has 1 aromatic heterocycles. The third-order valence-corrected chi connectivity index (χ3v) is 1.52. The Hall–Kier alpha value is -1.58. The summed E-state index contributed by atoms with van der Waals surface area (Å²) >= 11 is 0. The van der Waals surface area contributed by atoms with E-state index in [2.05, 4.69) is 9.40 Å². The summed E-state index contributed by atoms with van der Waals surface area (Å²) in [7, 11) is 0. The number of allylic oxidation sites excluding steroid dienone is 1. The number of hydrogen-bond donors (Lipinski definition) is 1. The molecule has 1 N–H and O–H groups in total. The first-order valence-corrected chi connectivity index (χ1v) is 3.20. The van der Waals surface area contributed by atoms with Crippen LogP contribution in [0.15, 0.2) is 15.3 Å². The van der Waals surface area contributed by atoms with E-state index in [0.717, 1.165) is 0 Å². The van der Waals surface area contributed by atoms with Crippen LogP contribution in [0.3, 0.4) is 0 Å². The smallest absolute Gasteiger partial charge is 0.404 e. The van der Waals surface area contributed by atoms with Crippen molar-refractivity contribution in [3.8, 4) is 0 Å². The van der Waals surface area contributed by atoms with Gasteiger partial charge in [-0.15, -0.1) is 0 Å². The summed E-state index contributed by atoms with van der Waals surface area (Å²) in [6, 6.07) is 0. The van der Waals surface area contributed by atoms with Crippen LogP contribution in [0.1, 0.15) is 22.7 Å². The van der Waals surface area contributed by atoms with Crippen LogP contribution >= 0.6 is 0 Å². The normalized spacial score (nSPS) is 15.1. The molecular weight excluding hydrogens is 146 g/mol. The lowest BCUT2D eigenvalue weighted by Crippen LogP contribution is -2.01. The average Bonchev–Trinajstić information content (AvgIpc) is 2.31. The summed E-state index contributed by atoms with van der Waals surface area (Å²) in [5, 5.41) is 0. The first kappa shape index (κ1) is 6.15. The number of nitrogens with one attached hydrogen (secondary N) is 1. The number of oxazole rings is 1. The van der Waals surface area contributed by atoms with Gasteiger partial charge in [0.15, 0.2) is 5.76 Å². The molecule has 0 fully saturated rings. The number of carbonyl (C=O) groups excluding carboxylic acids is 1. The van der Waals surface area contributed by atoms with Crippen LogP contribution in [0.4, 0.5) is 0 Å². The maximum Gasteiger partial charge on any atom is 0.417 e. The molecule has 0 saturated carbocycles. The summed E-state index contributed by atoms with van der Waals surface area (Å²) in [6.45, 7) is 0. The molecule has 2 rings (SSSR count). The van der Waals surface area contributed by atoms with Crippen molar-refractivity contribution in [1.82, 2.24) is 4.98 Å². The van der Waals surface area contributed by atoms with Crippen LogP contribution in [-0.2, 0) is 0 Å². The predicted octanol–water partition coefficient (Wildman–Crippen LogP) is 0.567. The molecule has 1 aliphatic carbocycles. The van der Waals surface area contributed by atoms with Crippen molar-refractivity contribution < 1.29 is 9.21 Å². The largest absolute Gasteiger partial charge is 0.417 e. The third kappa shape index (κ3) is 0.832. The average molecular weight is 151 g/mol. The number of fused-ring (bicyclic) bond motifs is 1. The van der Waals surface area contributed by atoms with Gasteiger partial charge in [-0.25, -0.2) is 4.79 Å². The molecule has 0 aromatic carbocycles. The van der Waals surface area contributed by atoms with E-state index in [1.807, 2.05) is 0 Å². The zero-order valence-corrected chi connectivity index (χ0v) is 5.59. The number of rotatable bonds is 0. The van der Waals surface area contributed by atoms with Gasteiger partial charge in [-0.05, 0) is 6.08 Å². The summed E-state index contributed by atoms with van der Waals surface area (Å²) in [4.78, 5) is 24.0. The van der Waals surface area contributed by atoms with E-state index in [-0.39, 0.29) is 11.5 Å². The second-order valence-corrected chi connectivity index (χ2v) is 2.29. The van der Waals surface area contributed by atoms with Gasteiger partial charge in [0.2, 0.25) is 5.78 Å². The number of H-pyrrole nitrogens is 1. The predicted molar refractivity (Wildman–Crippen MR) is 37.3 cm³/mol. The van der Waals surface area contributed by atoms with Crippen molar-refractivity contribution in [3.05, 3.63) is 28.1 Å². The molecule has 4 heteroatoms. The van der Waals surface area contributed by atoms with Gasteiger partial charge in [0.05, 0.1) is 5.69 Å². The Balaban J connectivity index is 2.71. The lowest BCUT2D eigenvalue weighted by atomic mass is 10.1. The molecule has 0 saturated heterocycles. The van der Waals surface area contributed by atoms with Gasteiger partial charge < -0.3 is 4.42 Å². The Morgan fingerprint density at radius 2 is 2.27 bits per heavy atom. The Kier molecular flexibility index (Phi) is 1.09. The second kappa shape index (κ2) is 1.95. The van der Waals surface area contributed by atoms with E-state index in [1.165, 1.54) is 0 Å². The molecule has 0 radical (unpaired) electrons. The van der Waals surface area contributed by atoms with Gasteiger partial charge >= 0.3 is 5.76 Å². The van der Waals surface area contributed by atoms with Crippen molar-refractivity contribution in [2.24, 2.45) is 0 Å². The quantitative estimate of drug-likeness (QED) is 0.589. The molecule has 4 nitrogen and oxygen atoms in total. The minimum atomic E-state index is -0.574. The van der Waals surface area contributed by atoms with Crippen molar-refractivity contribution in [3.63, 3.8) is 0 Å². The highest BCUT2D eigenvalue weighted by atomic mass is 16.4. The summed E-state index contributed by atoms with van der Waals surface area (Å²) in [5.74, 6) is -0.576. The van der Waals surface area contributed by atoms with Gasteiger partial charge in [-0.1, -0.05) is 6.08 Å². The van der Waals surface area contributed by atoms with Gasteiger partial charge in [0.25, 0.3) is 0 Å². The maximum atomic E-state index is 11.0. The van der Waals surface area contributed by atoms with Gasteiger partial charge in [0.1, 0.15) is 0 Å². The Labute approximate surface area is 61.5 Å². The first-order valence-electron chi connectivity index (χ1n) is 3.20. The fourth-order valence-electron chi connectivity index (χ4n) is 1.04. The molecule has 0 aliphatic heterocycles. The monoisotopic (exact) mass is 151 g/mol. The van der Waals surface area contributed by atoms with E-state index in [0.29, 0.717) is 12.1 Å². The van der Waals surface area contributed by atoms with Crippen LogP contribution in [-0.4, -0.2) is 10.8 Å². The number of ketones is 1. The van der Waals surface area contributed by atoms with Gasteiger partial charge in [0, 0.05) is 6.42 Å². The standard InChI is InChI=1S/C7H5NO3/c9-5-3-1-2-4-6(5)11-7(10)8-4/h1-2H,3H2,(H,8,10). The molecule has 56 valence electrons. The number of carbonyl (C=O) groups is 1. The first-order chi connectivity index (χ1) is 5.27. The molecule has 0 amide bonds. The van der Waals surface area contributed by atoms with Crippen LogP contribution < -0.4 is 5.76 Å². The van der Waals surface area contributed by atoms with Crippen LogP contribution in [0.25, 0.3) is 6.08 Å². The van der Waals surface area contributed by atoms with Crippen LogP contribution in [0, 0.1) is 0 Å². The molecule has 0 atom stereocenters. The van der Waals surface area contributed by atoms with Gasteiger partial charge in [-0.2, -0.15) is 0 Å². The van der Waals surface area contributed by atoms with Crippen molar-refractivity contribution in [1.29, 1.82) is 0 Å². The molecule has 1 heterocycles. The number of aromatic amines is 1. The van der Waals surface area contributed by atoms with Gasteiger partial charge in [-0.3, -0.25) is 9.78 Å². The molecule has 11 heavy (non-hydrogen) atoms. The number of hydrogen-bond acceptors (Lipinski definition) is 3. The van der Waals surface area contributed by atoms with Crippen molar-refractivity contribution >= 4 is 11.9 Å². The van der Waals surface area contributed by atoms with E-state index in [9.17, 15) is 9.59 Å². The van der Waals surface area contributed by atoms with E-state index in [1.54, 1.807) is 12.2 Å². The summed E-state index contributed by atoms with van der Waals surface area (Å²) in [5.41, 5.74) is 0.478. The second-order valence-electron chi connectivity index (χ2n) is 2.29.